The van der Waals surface area contributed by atoms with Crippen LogP contribution in [0.5, 0.6) is 0 Å². The number of ether oxygens (including phenoxy) is 1. The van der Waals surface area contributed by atoms with E-state index in [0.717, 1.165) is 5.69 Å². The molecule has 0 aliphatic rings. The van der Waals surface area contributed by atoms with E-state index < -0.39 is 0 Å². The highest BCUT2D eigenvalue weighted by Crippen LogP contribution is 2.15. The van der Waals surface area contributed by atoms with Crippen LogP contribution in [0.1, 0.15) is 0 Å². The summed E-state index contributed by atoms with van der Waals surface area (Å²) in [6.45, 7) is 0.557. The van der Waals surface area contributed by atoms with Crippen LogP contribution < -0.4 is 5.32 Å². The van der Waals surface area contributed by atoms with Crippen molar-refractivity contribution >= 4 is 22.8 Å². The molecule has 0 fully saturated rings. The second kappa shape index (κ2) is 6.29. The standard InChI is InChI=1S/C14H15N5O2/c20-6-7-21-10-19-9-16-12-8-15-14(18-13(12)19)17-11-4-2-1-3-5-11/h1-5,8-9,20H,6-7,10H2,(H,15,17,18). The minimum absolute atomic E-state index is 0.0115. The number of imidazole rings is 1. The minimum atomic E-state index is -0.0115. The maximum Gasteiger partial charge on any atom is 0.229 e. The Hall–Kier alpha value is -2.51. The molecule has 108 valence electrons. The fourth-order valence-electron chi connectivity index (χ4n) is 1.89. The summed E-state index contributed by atoms with van der Waals surface area (Å²) in [5.41, 5.74) is 2.29. The van der Waals surface area contributed by atoms with Crippen LogP contribution in [0.4, 0.5) is 11.6 Å². The van der Waals surface area contributed by atoms with E-state index in [2.05, 4.69) is 20.3 Å². The molecule has 21 heavy (non-hydrogen) atoms. The van der Waals surface area contributed by atoms with Gasteiger partial charge in [0.1, 0.15) is 12.2 Å². The monoisotopic (exact) mass is 285 g/mol. The van der Waals surface area contributed by atoms with Gasteiger partial charge in [0.15, 0.2) is 5.65 Å². The molecule has 3 aromatic rings. The highest BCUT2D eigenvalue weighted by atomic mass is 16.5. The first kappa shape index (κ1) is 13.5. The first-order valence-corrected chi connectivity index (χ1v) is 6.55. The Labute approximate surface area is 121 Å². The van der Waals surface area contributed by atoms with Crippen molar-refractivity contribution in [1.29, 1.82) is 0 Å². The van der Waals surface area contributed by atoms with E-state index in [4.69, 9.17) is 9.84 Å². The van der Waals surface area contributed by atoms with E-state index >= 15 is 0 Å². The molecule has 0 bridgehead atoms. The third-order valence-electron chi connectivity index (χ3n) is 2.85. The number of para-hydroxylation sites is 1. The molecule has 0 radical (unpaired) electrons. The average Bonchev–Trinajstić information content (AvgIpc) is 2.91. The van der Waals surface area contributed by atoms with E-state index in [1.807, 2.05) is 30.3 Å². The van der Waals surface area contributed by atoms with Crippen LogP contribution in [0.25, 0.3) is 11.2 Å². The normalized spacial score (nSPS) is 10.9. The number of rotatable bonds is 6. The Morgan fingerprint density at radius 2 is 2.05 bits per heavy atom. The third kappa shape index (κ3) is 3.15. The van der Waals surface area contributed by atoms with Crippen molar-refractivity contribution in [2.45, 2.75) is 6.73 Å². The van der Waals surface area contributed by atoms with Crippen LogP contribution in [-0.2, 0) is 11.5 Å². The first-order chi connectivity index (χ1) is 10.4. The predicted octanol–water partition coefficient (Wildman–Crippen LogP) is 1.54. The minimum Gasteiger partial charge on any atom is -0.394 e. The lowest BCUT2D eigenvalue weighted by molar-refractivity contribution is 0.0499. The van der Waals surface area contributed by atoms with Crippen molar-refractivity contribution < 1.29 is 9.84 Å². The summed E-state index contributed by atoms with van der Waals surface area (Å²) < 4.78 is 7.05. The molecule has 0 aliphatic carbocycles. The Morgan fingerprint density at radius 3 is 2.86 bits per heavy atom. The fraction of sp³-hybridized carbons (Fsp3) is 0.214. The summed E-state index contributed by atoms with van der Waals surface area (Å²) in [6, 6.07) is 9.70. The molecule has 0 saturated carbocycles. The van der Waals surface area contributed by atoms with Crippen LogP contribution in [0.2, 0.25) is 0 Å². The van der Waals surface area contributed by atoms with Gasteiger partial charge in [-0.2, -0.15) is 4.98 Å². The van der Waals surface area contributed by atoms with Crippen molar-refractivity contribution in [3.05, 3.63) is 42.9 Å². The van der Waals surface area contributed by atoms with Gasteiger partial charge < -0.3 is 15.2 Å². The van der Waals surface area contributed by atoms with Crippen LogP contribution in [0.15, 0.2) is 42.9 Å². The zero-order valence-electron chi connectivity index (χ0n) is 11.3. The number of hydrogen-bond donors (Lipinski definition) is 2. The molecule has 2 N–H and O–H groups in total. The lowest BCUT2D eigenvalue weighted by atomic mass is 10.3. The lowest BCUT2D eigenvalue weighted by Crippen LogP contribution is -2.06. The van der Waals surface area contributed by atoms with Crippen molar-refractivity contribution in [2.75, 3.05) is 18.5 Å². The van der Waals surface area contributed by atoms with E-state index in [1.165, 1.54) is 0 Å². The second-order valence-corrected chi connectivity index (χ2v) is 4.37. The zero-order valence-corrected chi connectivity index (χ0v) is 11.3. The number of hydrogen-bond acceptors (Lipinski definition) is 6. The first-order valence-electron chi connectivity index (χ1n) is 6.55. The van der Waals surface area contributed by atoms with Gasteiger partial charge in [-0.1, -0.05) is 18.2 Å². The third-order valence-corrected chi connectivity index (χ3v) is 2.85. The zero-order chi connectivity index (χ0) is 14.5. The summed E-state index contributed by atoms with van der Waals surface area (Å²) in [7, 11) is 0. The SMILES string of the molecule is OCCOCn1cnc2cnc(Nc3ccccc3)nc21. The molecular weight excluding hydrogens is 270 g/mol. The molecule has 0 atom stereocenters. The molecule has 0 amide bonds. The maximum absolute atomic E-state index is 8.73. The smallest absolute Gasteiger partial charge is 0.229 e. The topological polar surface area (TPSA) is 85.1 Å². The number of aliphatic hydroxyl groups is 1. The Kier molecular flexibility index (Phi) is 4.04. The molecule has 0 unspecified atom stereocenters. The molecule has 2 heterocycles. The van der Waals surface area contributed by atoms with Gasteiger partial charge in [-0.3, -0.25) is 4.57 Å². The quantitative estimate of drug-likeness (QED) is 0.668. The van der Waals surface area contributed by atoms with Crippen molar-refractivity contribution in [1.82, 2.24) is 19.5 Å². The highest BCUT2D eigenvalue weighted by Gasteiger charge is 2.07. The number of aliphatic hydroxyl groups excluding tert-OH is 1. The number of fused-ring (bicyclic) bond motifs is 1. The summed E-state index contributed by atoms with van der Waals surface area (Å²) in [5.74, 6) is 0.498. The summed E-state index contributed by atoms with van der Waals surface area (Å²) in [4.78, 5) is 12.9. The second-order valence-electron chi connectivity index (χ2n) is 4.37. The molecular formula is C14H15N5O2. The van der Waals surface area contributed by atoms with Crippen LogP contribution in [0.3, 0.4) is 0 Å². The number of nitrogens with one attached hydrogen (secondary N) is 1. The van der Waals surface area contributed by atoms with Gasteiger partial charge >= 0.3 is 0 Å². The predicted molar refractivity (Wildman–Crippen MR) is 78.1 cm³/mol. The molecule has 0 spiro atoms. The number of aromatic nitrogens is 4. The Morgan fingerprint density at radius 1 is 1.19 bits per heavy atom. The summed E-state index contributed by atoms with van der Waals surface area (Å²) in [6.07, 6.45) is 3.30. The largest absolute Gasteiger partial charge is 0.394 e. The van der Waals surface area contributed by atoms with Gasteiger partial charge in [0.2, 0.25) is 5.95 Å². The molecule has 0 aliphatic heterocycles. The van der Waals surface area contributed by atoms with Gasteiger partial charge in [0.05, 0.1) is 25.7 Å². The van der Waals surface area contributed by atoms with Crippen molar-refractivity contribution in [2.24, 2.45) is 0 Å². The van der Waals surface area contributed by atoms with Gasteiger partial charge in [-0.25, -0.2) is 9.97 Å². The lowest BCUT2D eigenvalue weighted by Gasteiger charge is -2.06. The molecule has 3 rings (SSSR count). The number of anilines is 2. The molecule has 0 saturated heterocycles. The van der Waals surface area contributed by atoms with Gasteiger partial charge in [-0.05, 0) is 12.1 Å². The van der Waals surface area contributed by atoms with Crippen LogP contribution in [0, 0.1) is 0 Å². The van der Waals surface area contributed by atoms with E-state index in [-0.39, 0.29) is 13.2 Å². The average molecular weight is 285 g/mol. The molecule has 1 aromatic carbocycles. The van der Waals surface area contributed by atoms with E-state index in [0.29, 0.717) is 23.8 Å². The van der Waals surface area contributed by atoms with Crippen molar-refractivity contribution in [3.63, 3.8) is 0 Å². The van der Waals surface area contributed by atoms with Gasteiger partial charge in [0.25, 0.3) is 0 Å². The number of benzene rings is 1. The van der Waals surface area contributed by atoms with E-state index in [1.54, 1.807) is 17.1 Å². The summed E-state index contributed by atoms with van der Waals surface area (Å²) in [5, 5.41) is 11.9. The molecule has 7 nitrogen and oxygen atoms in total. The maximum atomic E-state index is 8.73. The summed E-state index contributed by atoms with van der Waals surface area (Å²) >= 11 is 0. The van der Waals surface area contributed by atoms with Gasteiger partial charge in [0, 0.05) is 5.69 Å². The van der Waals surface area contributed by atoms with Crippen molar-refractivity contribution in [3.8, 4) is 0 Å². The Balaban J connectivity index is 1.82. The van der Waals surface area contributed by atoms with Gasteiger partial charge in [-0.15, -0.1) is 0 Å². The van der Waals surface area contributed by atoms with Crippen LogP contribution >= 0.6 is 0 Å². The molecule has 7 heteroatoms. The highest BCUT2D eigenvalue weighted by molar-refractivity contribution is 5.71. The Bertz CT molecular complexity index is 714. The molecule has 2 aromatic heterocycles. The fourth-order valence-corrected chi connectivity index (χ4v) is 1.89. The number of nitrogens with zero attached hydrogens (tertiary/aromatic N) is 4. The van der Waals surface area contributed by atoms with E-state index in [9.17, 15) is 0 Å². The van der Waals surface area contributed by atoms with Crippen LogP contribution in [-0.4, -0.2) is 37.8 Å².